The zero-order valence-electron chi connectivity index (χ0n) is 6.99. The molecule has 4 nitrogen and oxygen atoms in total. The predicted molar refractivity (Wildman–Crippen MR) is 44.0 cm³/mol. The summed E-state index contributed by atoms with van der Waals surface area (Å²) in [6.07, 6.45) is 2.51. The van der Waals surface area contributed by atoms with E-state index in [0.29, 0.717) is 12.6 Å². The third-order valence-corrected chi connectivity index (χ3v) is 2.57. The zero-order chi connectivity index (χ0) is 8.55. The van der Waals surface area contributed by atoms with E-state index in [1.165, 1.54) is 12.8 Å². The molecule has 0 bridgehead atoms. The Morgan fingerprint density at radius 1 is 1.50 bits per heavy atom. The van der Waals surface area contributed by atoms with Crippen molar-refractivity contribution in [2.24, 2.45) is 0 Å². The predicted octanol–water partition coefficient (Wildman–Crippen LogP) is -0.493. The number of carbonyl (C=O) groups is 1. The van der Waals surface area contributed by atoms with Crippen LogP contribution in [-0.4, -0.2) is 47.7 Å². The summed E-state index contributed by atoms with van der Waals surface area (Å²) in [6, 6.07) is 0.341. The Labute approximate surface area is 71.5 Å². The number of nitrogens with one attached hydrogen (secondary N) is 1. The van der Waals surface area contributed by atoms with Gasteiger partial charge in [-0.15, -0.1) is 0 Å². The summed E-state index contributed by atoms with van der Waals surface area (Å²) in [6.45, 7) is 2.50. The summed E-state index contributed by atoms with van der Waals surface area (Å²) >= 11 is 0. The number of carboxylic acid groups (broad SMARTS) is 1. The van der Waals surface area contributed by atoms with Crippen LogP contribution >= 0.6 is 0 Å². The van der Waals surface area contributed by atoms with E-state index in [2.05, 4.69) is 10.2 Å². The Morgan fingerprint density at radius 2 is 2.25 bits per heavy atom. The van der Waals surface area contributed by atoms with Crippen molar-refractivity contribution in [2.45, 2.75) is 24.9 Å². The second-order valence-corrected chi connectivity index (χ2v) is 3.57. The highest BCUT2D eigenvalue weighted by atomic mass is 16.4. The van der Waals surface area contributed by atoms with Crippen molar-refractivity contribution in [2.75, 3.05) is 19.6 Å². The molecule has 1 saturated carbocycles. The molecule has 0 amide bonds. The van der Waals surface area contributed by atoms with Gasteiger partial charge in [0.15, 0.2) is 0 Å². The van der Waals surface area contributed by atoms with E-state index in [4.69, 9.17) is 5.11 Å². The Kier molecular flexibility index (Phi) is 2.02. The third kappa shape index (κ3) is 1.59. The highest BCUT2D eigenvalue weighted by Crippen LogP contribution is 2.27. The van der Waals surface area contributed by atoms with Crippen molar-refractivity contribution in [1.29, 1.82) is 0 Å². The van der Waals surface area contributed by atoms with Crippen LogP contribution in [0.4, 0.5) is 0 Å². The van der Waals surface area contributed by atoms with Crippen LogP contribution in [-0.2, 0) is 4.79 Å². The van der Waals surface area contributed by atoms with Gasteiger partial charge < -0.3 is 10.4 Å². The van der Waals surface area contributed by atoms with Gasteiger partial charge in [-0.1, -0.05) is 0 Å². The lowest BCUT2D eigenvalue weighted by Gasteiger charge is -2.31. The molecule has 2 fully saturated rings. The highest BCUT2D eigenvalue weighted by Gasteiger charge is 2.34. The maximum atomic E-state index is 10.7. The topological polar surface area (TPSA) is 52.6 Å². The second-order valence-electron chi connectivity index (χ2n) is 3.57. The summed E-state index contributed by atoms with van der Waals surface area (Å²) in [5.74, 6) is -0.722. The molecule has 0 aromatic heterocycles. The number of hydrogen-bond acceptors (Lipinski definition) is 3. The minimum absolute atomic E-state index is 0.348. The molecule has 1 aliphatic heterocycles. The Bertz CT molecular complexity index is 191. The lowest BCUT2D eigenvalue weighted by molar-refractivity contribution is -0.140. The van der Waals surface area contributed by atoms with E-state index in [9.17, 15) is 4.79 Å². The van der Waals surface area contributed by atoms with Crippen molar-refractivity contribution in [1.82, 2.24) is 10.2 Å². The fourth-order valence-corrected chi connectivity index (χ4v) is 1.71. The Balaban J connectivity index is 1.89. The molecule has 2 N–H and O–H groups in total. The molecule has 0 spiro atoms. The van der Waals surface area contributed by atoms with E-state index >= 15 is 0 Å². The number of rotatable bonds is 2. The molecule has 2 aliphatic rings. The SMILES string of the molecule is O=C(O)C1CN(C2CC2)CCN1. The van der Waals surface area contributed by atoms with Crippen molar-refractivity contribution in [3.63, 3.8) is 0 Å². The van der Waals surface area contributed by atoms with Crippen LogP contribution in [0.5, 0.6) is 0 Å². The summed E-state index contributed by atoms with van der Waals surface area (Å²) in [4.78, 5) is 12.9. The molecule has 1 heterocycles. The minimum atomic E-state index is -0.722. The molecule has 12 heavy (non-hydrogen) atoms. The Morgan fingerprint density at radius 3 is 2.83 bits per heavy atom. The molecule has 2 rings (SSSR count). The van der Waals surface area contributed by atoms with Crippen LogP contribution in [0.3, 0.4) is 0 Å². The van der Waals surface area contributed by atoms with Crippen molar-refractivity contribution in [3.8, 4) is 0 Å². The summed E-state index contributed by atoms with van der Waals surface area (Å²) in [5, 5.41) is 11.8. The average Bonchev–Trinajstić information content (AvgIpc) is 2.87. The third-order valence-electron chi connectivity index (χ3n) is 2.57. The number of aliphatic carboxylic acids is 1. The summed E-state index contributed by atoms with van der Waals surface area (Å²) in [7, 11) is 0. The van der Waals surface area contributed by atoms with Gasteiger partial charge in [0.1, 0.15) is 6.04 Å². The van der Waals surface area contributed by atoms with Crippen LogP contribution in [0.15, 0.2) is 0 Å². The molecule has 1 atom stereocenters. The first-order valence-corrected chi connectivity index (χ1v) is 4.47. The van der Waals surface area contributed by atoms with Gasteiger partial charge in [-0.05, 0) is 12.8 Å². The van der Waals surface area contributed by atoms with E-state index in [0.717, 1.165) is 13.1 Å². The van der Waals surface area contributed by atoms with Crippen LogP contribution in [0.2, 0.25) is 0 Å². The van der Waals surface area contributed by atoms with Gasteiger partial charge >= 0.3 is 5.97 Å². The van der Waals surface area contributed by atoms with Gasteiger partial charge in [0.25, 0.3) is 0 Å². The van der Waals surface area contributed by atoms with Gasteiger partial charge in [-0.25, -0.2) is 0 Å². The van der Waals surface area contributed by atoms with Crippen LogP contribution < -0.4 is 5.32 Å². The first-order chi connectivity index (χ1) is 5.77. The summed E-state index contributed by atoms with van der Waals surface area (Å²) < 4.78 is 0. The maximum Gasteiger partial charge on any atom is 0.322 e. The van der Waals surface area contributed by atoms with Gasteiger partial charge in [-0.2, -0.15) is 0 Å². The van der Waals surface area contributed by atoms with E-state index in [1.807, 2.05) is 0 Å². The smallest absolute Gasteiger partial charge is 0.322 e. The average molecular weight is 170 g/mol. The lowest BCUT2D eigenvalue weighted by Crippen LogP contribution is -2.54. The molecule has 0 radical (unpaired) electrons. The first kappa shape index (κ1) is 8.01. The minimum Gasteiger partial charge on any atom is -0.480 e. The van der Waals surface area contributed by atoms with Crippen LogP contribution in [0, 0.1) is 0 Å². The fourth-order valence-electron chi connectivity index (χ4n) is 1.71. The monoisotopic (exact) mass is 170 g/mol. The molecule has 4 heteroatoms. The molecule has 1 aliphatic carbocycles. The van der Waals surface area contributed by atoms with Crippen LogP contribution in [0.1, 0.15) is 12.8 Å². The number of carboxylic acids is 1. The molecule has 1 saturated heterocycles. The molecule has 1 unspecified atom stereocenters. The van der Waals surface area contributed by atoms with Crippen molar-refractivity contribution in [3.05, 3.63) is 0 Å². The van der Waals surface area contributed by atoms with Gasteiger partial charge in [-0.3, -0.25) is 9.69 Å². The normalized spacial score (nSPS) is 31.8. The van der Waals surface area contributed by atoms with E-state index in [1.54, 1.807) is 0 Å². The van der Waals surface area contributed by atoms with Crippen molar-refractivity contribution < 1.29 is 9.90 Å². The van der Waals surface area contributed by atoms with E-state index in [-0.39, 0.29) is 6.04 Å². The maximum absolute atomic E-state index is 10.7. The van der Waals surface area contributed by atoms with Crippen LogP contribution in [0.25, 0.3) is 0 Å². The molecular formula is C8H14N2O2. The quantitative estimate of drug-likeness (QED) is 0.587. The highest BCUT2D eigenvalue weighted by molar-refractivity contribution is 5.73. The summed E-state index contributed by atoms with van der Waals surface area (Å²) in [5.41, 5.74) is 0. The first-order valence-electron chi connectivity index (χ1n) is 4.47. The van der Waals surface area contributed by atoms with Gasteiger partial charge in [0, 0.05) is 25.7 Å². The standard InChI is InChI=1S/C8H14N2O2/c11-8(12)7-5-10(4-3-9-7)6-1-2-6/h6-7,9H,1-5H2,(H,11,12). The van der Waals surface area contributed by atoms with E-state index < -0.39 is 5.97 Å². The number of hydrogen-bond donors (Lipinski definition) is 2. The van der Waals surface area contributed by atoms with Gasteiger partial charge in [0.2, 0.25) is 0 Å². The zero-order valence-corrected chi connectivity index (χ0v) is 6.99. The number of nitrogens with zero attached hydrogens (tertiary/aromatic N) is 1. The largest absolute Gasteiger partial charge is 0.480 e. The van der Waals surface area contributed by atoms with Crippen molar-refractivity contribution >= 4 is 5.97 Å². The molecule has 0 aromatic carbocycles. The van der Waals surface area contributed by atoms with Gasteiger partial charge in [0.05, 0.1) is 0 Å². The molecular weight excluding hydrogens is 156 g/mol. The molecule has 68 valence electrons. The Hall–Kier alpha value is -0.610. The fraction of sp³-hybridized carbons (Fsp3) is 0.875. The number of piperazine rings is 1. The second kappa shape index (κ2) is 3.03. The molecule has 0 aromatic rings. The lowest BCUT2D eigenvalue weighted by atomic mass is 10.2.